The Labute approximate surface area is 345 Å². The minimum atomic E-state index is -1.69. The summed E-state index contributed by atoms with van der Waals surface area (Å²) in [5.41, 5.74) is 0.295. The molecule has 13 N–H and O–H groups in total. The highest BCUT2D eigenvalue weighted by molar-refractivity contribution is 5.70. The highest BCUT2D eigenvalue weighted by Gasteiger charge is 2.49. The van der Waals surface area contributed by atoms with E-state index in [9.17, 15) is 66.4 Å². The number of aliphatic hydroxyl groups excluding tert-OH is 3. The zero-order valence-corrected chi connectivity index (χ0v) is 31.5. The second kappa shape index (κ2) is 14.4. The van der Waals surface area contributed by atoms with Crippen molar-refractivity contribution in [3.05, 3.63) is 136 Å². The summed E-state index contributed by atoms with van der Waals surface area (Å²) in [5.74, 6) is -7.77. The van der Waals surface area contributed by atoms with E-state index in [1.807, 2.05) is 0 Å². The fourth-order valence-electron chi connectivity index (χ4n) is 8.75. The summed E-state index contributed by atoms with van der Waals surface area (Å²) in [7, 11) is 0. The van der Waals surface area contributed by atoms with Crippen LogP contribution >= 0.6 is 0 Å². The van der Waals surface area contributed by atoms with Gasteiger partial charge in [-0.05, 0) is 65.2 Å². The predicted molar refractivity (Wildman–Crippen MR) is 211 cm³/mol. The topological polar surface area (TPSA) is 291 Å². The maximum absolute atomic E-state index is 12.9. The normalized spacial score (nSPS) is 24.0. The van der Waals surface area contributed by atoms with Gasteiger partial charge in [0.1, 0.15) is 58.6 Å². The van der Waals surface area contributed by atoms with Crippen molar-refractivity contribution in [2.75, 3.05) is 0 Å². The summed E-state index contributed by atoms with van der Waals surface area (Å²) in [6.45, 7) is 0. The third-order valence-corrected chi connectivity index (χ3v) is 11.7. The van der Waals surface area contributed by atoms with Crippen molar-refractivity contribution in [3.63, 3.8) is 0 Å². The average molecular weight is 835 g/mol. The molecule has 9 rings (SSSR count). The Morgan fingerprint density at radius 1 is 0.410 bits per heavy atom. The van der Waals surface area contributed by atoms with Gasteiger partial charge in [0, 0.05) is 58.2 Å². The predicted octanol–water partition coefficient (Wildman–Crippen LogP) is 5.03. The van der Waals surface area contributed by atoms with Crippen molar-refractivity contribution in [1.29, 1.82) is 0 Å². The lowest BCUT2D eigenvalue weighted by Gasteiger charge is -2.42. The highest BCUT2D eigenvalue weighted by atomic mass is 16.5. The van der Waals surface area contributed by atoms with Crippen molar-refractivity contribution >= 4 is 0 Å². The van der Waals surface area contributed by atoms with E-state index >= 15 is 0 Å². The van der Waals surface area contributed by atoms with Gasteiger partial charge < -0.3 is 80.6 Å². The van der Waals surface area contributed by atoms with Crippen LogP contribution in [-0.4, -0.2) is 84.7 Å². The Bertz CT molecular complexity index is 2730. The molecule has 0 radical (unpaired) electrons. The minimum absolute atomic E-state index is 0.00791. The van der Waals surface area contributed by atoms with E-state index in [1.165, 1.54) is 78.9 Å². The van der Waals surface area contributed by atoms with Crippen molar-refractivity contribution in [1.82, 2.24) is 0 Å². The molecule has 3 aliphatic heterocycles. The van der Waals surface area contributed by atoms with Gasteiger partial charge in [0.15, 0.2) is 46.7 Å². The van der Waals surface area contributed by atoms with Crippen LogP contribution in [0.25, 0.3) is 0 Å². The molecule has 3 heterocycles. The Balaban J connectivity index is 1.31. The van der Waals surface area contributed by atoms with Crippen LogP contribution in [-0.2, 0) is 6.42 Å². The summed E-state index contributed by atoms with van der Waals surface area (Å²) in [4.78, 5) is 0. The largest absolute Gasteiger partial charge is 0.508 e. The van der Waals surface area contributed by atoms with Crippen LogP contribution in [0.3, 0.4) is 0 Å². The number of hydrogen-bond donors (Lipinski definition) is 13. The number of rotatable bonds is 5. The average Bonchev–Trinajstić information content (AvgIpc) is 3.22. The fourth-order valence-corrected chi connectivity index (χ4v) is 8.75. The standard InChI is InChI=1S/C45H38O16/c46-20-4-6-22-32(14-20)59-43(18-2-9-26(49)29(52)12-18)40(57)34(22)36-38(55)24-16-31(54)42(17-1-8-25(48)28(51)11-17)61-45(24)37(39(36)56)35-23-7-5-21(47)15-33(23)60-44(41(35)58)19-3-10-27(50)30(53)13-19/h1-15,31,34-35,40-44,46-58H,16H2/t31-,34+,35-,40-,41-,42+,43+,44+/m0/s1. The quantitative estimate of drug-likeness (QED) is 0.101. The van der Waals surface area contributed by atoms with Gasteiger partial charge >= 0.3 is 0 Å². The number of hydrogen-bond acceptors (Lipinski definition) is 16. The van der Waals surface area contributed by atoms with E-state index in [-0.39, 0.29) is 79.7 Å². The Hall–Kier alpha value is -7.40. The molecule has 0 fully saturated rings. The van der Waals surface area contributed by atoms with Crippen LogP contribution in [0.5, 0.6) is 74.7 Å². The van der Waals surface area contributed by atoms with Crippen LogP contribution in [0, 0.1) is 0 Å². The van der Waals surface area contributed by atoms with Crippen molar-refractivity contribution in [2.24, 2.45) is 0 Å². The lowest BCUT2D eigenvalue weighted by molar-refractivity contribution is 0.000360. The zero-order chi connectivity index (χ0) is 43.2. The molecule has 0 aliphatic carbocycles. The first-order valence-electron chi connectivity index (χ1n) is 19.0. The summed E-state index contributed by atoms with van der Waals surface area (Å²) in [6, 6.07) is 19.2. The molecule has 0 saturated heterocycles. The maximum Gasteiger partial charge on any atom is 0.157 e. The smallest absolute Gasteiger partial charge is 0.157 e. The molecule has 0 unspecified atom stereocenters. The number of benzene rings is 6. The third kappa shape index (κ3) is 6.35. The number of aromatic hydroxyl groups is 10. The molecule has 6 aromatic carbocycles. The first-order chi connectivity index (χ1) is 29.1. The molecule has 0 aromatic heterocycles. The van der Waals surface area contributed by atoms with E-state index < -0.39 is 94.5 Å². The van der Waals surface area contributed by atoms with E-state index in [0.29, 0.717) is 0 Å². The van der Waals surface area contributed by atoms with Crippen molar-refractivity contribution in [2.45, 2.75) is 54.9 Å². The zero-order valence-electron chi connectivity index (χ0n) is 31.5. The maximum atomic E-state index is 12.9. The van der Waals surface area contributed by atoms with Gasteiger partial charge in [-0.15, -0.1) is 0 Å². The summed E-state index contributed by atoms with van der Waals surface area (Å²) >= 11 is 0. The minimum Gasteiger partial charge on any atom is -0.508 e. The van der Waals surface area contributed by atoms with Gasteiger partial charge in [-0.25, -0.2) is 0 Å². The monoisotopic (exact) mass is 834 g/mol. The summed E-state index contributed by atoms with van der Waals surface area (Å²) in [5, 5.41) is 144. The first kappa shape index (κ1) is 39.1. The first-order valence-corrected chi connectivity index (χ1v) is 19.0. The SMILES string of the molecule is Oc1ccc2c(c1)O[C@H](c1ccc(O)c(O)c1)[C@@H](O)[C@H]2c1c(O)c2c(c([C@@H]3c4ccc(O)cc4O[C@H](c4ccc(O)c(O)c4)[C@H]3O)c1O)O[C@H](c1ccc(O)c(O)c1)[C@@H](O)C2. The second-order valence-corrected chi connectivity index (χ2v) is 15.3. The molecule has 0 bridgehead atoms. The molecular formula is C45H38O16. The molecule has 8 atom stereocenters. The van der Waals surface area contributed by atoms with Crippen LogP contribution < -0.4 is 14.2 Å². The molecule has 0 saturated carbocycles. The van der Waals surface area contributed by atoms with E-state index in [2.05, 4.69) is 0 Å². The van der Waals surface area contributed by atoms with Gasteiger partial charge in [-0.1, -0.05) is 30.3 Å². The Morgan fingerprint density at radius 3 is 1.28 bits per heavy atom. The van der Waals surface area contributed by atoms with Gasteiger partial charge in [-0.3, -0.25) is 0 Å². The molecule has 16 heteroatoms. The van der Waals surface area contributed by atoms with Gasteiger partial charge in [0.2, 0.25) is 0 Å². The van der Waals surface area contributed by atoms with Crippen molar-refractivity contribution in [3.8, 4) is 74.7 Å². The third-order valence-electron chi connectivity index (χ3n) is 11.7. The number of fused-ring (bicyclic) bond motifs is 3. The molecule has 16 nitrogen and oxygen atoms in total. The van der Waals surface area contributed by atoms with Crippen LogP contribution in [0.2, 0.25) is 0 Å². The Kier molecular flexibility index (Phi) is 9.23. The summed E-state index contributed by atoms with van der Waals surface area (Å²) < 4.78 is 18.9. The van der Waals surface area contributed by atoms with Gasteiger partial charge in [0.25, 0.3) is 0 Å². The highest BCUT2D eigenvalue weighted by Crippen LogP contribution is 2.60. The van der Waals surface area contributed by atoms with E-state index in [0.717, 1.165) is 12.1 Å². The number of phenolic OH excluding ortho intramolecular Hbond substituents is 10. The summed E-state index contributed by atoms with van der Waals surface area (Å²) in [6.07, 6.45) is -9.21. The molecule has 314 valence electrons. The molecule has 0 spiro atoms. The number of phenols is 10. The number of ether oxygens (including phenoxy) is 3. The van der Waals surface area contributed by atoms with E-state index in [4.69, 9.17) is 14.2 Å². The lowest BCUT2D eigenvalue weighted by atomic mass is 9.73. The van der Waals surface area contributed by atoms with Crippen LogP contribution in [0.15, 0.2) is 91.0 Å². The van der Waals surface area contributed by atoms with Gasteiger partial charge in [-0.2, -0.15) is 0 Å². The molecule has 6 aromatic rings. The molecular weight excluding hydrogens is 796 g/mol. The van der Waals surface area contributed by atoms with Crippen LogP contribution in [0.4, 0.5) is 0 Å². The van der Waals surface area contributed by atoms with Crippen LogP contribution in [0.1, 0.15) is 74.7 Å². The fraction of sp³-hybridized carbons (Fsp3) is 0.200. The van der Waals surface area contributed by atoms with Crippen molar-refractivity contribution < 1.29 is 80.6 Å². The molecule has 0 amide bonds. The molecule has 3 aliphatic rings. The Morgan fingerprint density at radius 2 is 0.836 bits per heavy atom. The molecule has 61 heavy (non-hydrogen) atoms. The number of aliphatic hydroxyl groups is 3. The lowest BCUT2D eigenvalue weighted by Crippen LogP contribution is -2.38. The van der Waals surface area contributed by atoms with Gasteiger partial charge in [0.05, 0.1) is 6.10 Å². The second-order valence-electron chi connectivity index (χ2n) is 15.3. The van der Waals surface area contributed by atoms with E-state index in [1.54, 1.807) is 0 Å².